The zero-order valence-corrected chi connectivity index (χ0v) is 23.8. The number of rotatable bonds is 12. The fourth-order valence-corrected chi connectivity index (χ4v) is 6.54. The maximum atomic E-state index is 12.5. The minimum absolute atomic E-state index is 0.102. The Bertz CT molecular complexity index is 1350. The lowest BCUT2D eigenvalue weighted by atomic mass is 9.88. The zero-order chi connectivity index (χ0) is 27.0. The van der Waals surface area contributed by atoms with Crippen LogP contribution < -0.4 is 10.0 Å². The summed E-state index contributed by atoms with van der Waals surface area (Å²) in [6.07, 6.45) is 2.51. The van der Waals surface area contributed by atoms with E-state index in [1.165, 1.54) is 22.3 Å². The molecule has 2 unspecified atom stereocenters. The van der Waals surface area contributed by atoms with Crippen molar-refractivity contribution in [3.63, 3.8) is 0 Å². The number of methoxy groups -OCH3 is 1. The van der Waals surface area contributed by atoms with Crippen LogP contribution in [0.25, 0.3) is 0 Å². The van der Waals surface area contributed by atoms with Crippen molar-refractivity contribution in [2.75, 3.05) is 13.9 Å². The van der Waals surface area contributed by atoms with E-state index in [1.54, 1.807) is 14.0 Å². The normalized spacial score (nSPS) is 12.9. The van der Waals surface area contributed by atoms with Gasteiger partial charge in [0, 0.05) is 29.8 Å². The van der Waals surface area contributed by atoms with Gasteiger partial charge in [-0.3, -0.25) is 4.79 Å². The van der Waals surface area contributed by atoms with Crippen LogP contribution in [0.15, 0.2) is 97.1 Å². The van der Waals surface area contributed by atoms with Crippen molar-refractivity contribution >= 4 is 19.7 Å². The summed E-state index contributed by atoms with van der Waals surface area (Å²) in [4.78, 5) is 12.5. The van der Waals surface area contributed by atoms with Gasteiger partial charge in [0.1, 0.15) is 5.75 Å². The maximum Gasteiger partial charge on any atom is 0.188 e. The fourth-order valence-electron chi connectivity index (χ4n) is 4.88. The largest absolute Gasteiger partial charge is 0.467 e. The Balaban J connectivity index is 1.87. The van der Waals surface area contributed by atoms with Gasteiger partial charge in [-0.25, -0.2) is 0 Å². The Kier molecular flexibility index (Phi) is 9.50. The molecule has 0 aliphatic rings. The minimum Gasteiger partial charge on any atom is -0.467 e. The molecule has 0 aliphatic heterocycles. The summed E-state index contributed by atoms with van der Waals surface area (Å²) in [5.41, 5.74) is 6.90. The molecule has 0 heterocycles. The lowest BCUT2D eigenvalue weighted by Crippen LogP contribution is -2.23. The summed E-state index contributed by atoms with van der Waals surface area (Å²) >= 11 is 0. The van der Waals surface area contributed by atoms with Crippen molar-refractivity contribution in [3.8, 4) is 5.75 Å². The van der Waals surface area contributed by atoms with E-state index in [0.29, 0.717) is 8.58 Å². The van der Waals surface area contributed by atoms with Crippen molar-refractivity contribution in [1.82, 2.24) is 0 Å². The molecule has 0 amide bonds. The van der Waals surface area contributed by atoms with E-state index in [1.807, 2.05) is 24.3 Å². The first-order valence-corrected chi connectivity index (χ1v) is 14.2. The maximum absolute atomic E-state index is 12.5. The molecule has 4 heteroatoms. The second-order valence-electron chi connectivity index (χ2n) is 9.92. The van der Waals surface area contributed by atoms with Crippen LogP contribution in [0.4, 0.5) is 0 Å². The third-order valence-electron chi connectivity index (χ3n) is 7.05. The lowest BCUT2D eigenvalue weighted by Gasteiger charge is -2.33. The van der Waals surface area contributed by atoms with Gasteiger partial charge in [-0.2, -0.15) is 0 Å². The minimum atomic E-state index is -0.229. The van der Waals surface area contributed by atoms with Crippen molar-refractivity contribution in [3.05, 3.63) is 130 Å². The topological polar surface area (TPSA) is 35.5 Å². The van der Waals surface area contributed by atoms with Crippen molar-refractivity contribution < 1.29 is 14.3 Å². The van der Waals surface area contributed by atoms with E-state index < -0.39 is 0 Å². The molecule has 0 aliphatic carbocycles. The highest BCUT2D eigenvalue weighted by Gasteiger charge is 2.32. The van der Waals surface area contributed by atoms with Crippen LogP contribution in [0.2, 0.25) is 0 Å². The predicted octanol–water partition coefficient (Wildman–Crippen LogP) is 7.68. The molecule has 4 aromatic rings. The molecule has 4 aromatic carbocycles. The van der Waals surface area contributed by atoms with Gasteiger partial charge < -0.3 is 9.47 Å². The van der Waals surface area contributed by atoms with Gasteiger partial charge in [0.15, 0.2) is 12.6 Å². The quantitative estimate of drug-likeness (QED) is 0.108. The molecule has 0 spiro atoms. The number of hydrogen-bond donors (Lipinski definition) is 0. The van der Waals surface area contributed by atoms with Gasteiger partial charge in [0.2, 0.25) is 0 Å². The molecule has 0 saturated carbocycles. The Morgan fingerprint density at radius 3 is 2.03 bits per heavy atom. The van der Waals surface area contributed by atoms with Crippen LogP contribution in [0.5, 0.6) is 5.75 Å². The summed E-state index contributed by atoms with van der Waals surface area (Å²) in [6.45, 7) is 6.36. The molecule has 0 N–H and O–H groups in total. The SMILES string of the molecule is CCC(C)(Pc1ccccc1C(C)=O)c1cc(Cc2ccccc2)cc(Cc2ccccc2)c1OCOC. The molecule has 0 fully saturated rings. The molecule has 0 aromatic heterocycles. The second-order valence-corrected chi connectivity index (χ2v) is 11.8. The number of ketones is 1. The molecule has 2 atom stereocenters. The highest BCUT2D eigenvalue weighted by Crippen LogP contribution is 2.49. The van der Waals surface area contributed by atoms with Gasteiger partial charge in [0.05, 0.1) is 0 Å². The number of ether oxygens (including phenoxy) is 2. The number of Topliss-reactive ketones (excluding diaryl/α,β-unsaturated/α-hetero) is 1. The van der Waals surface area contributed by atoms with E-state index >= 15 is 0 Å². The number of benzene rings is 4. The van der Waals surface area contributed by atoms with E-state index in [9.17, 15) is 4.79 Å². The Morgan fingerprint density at radius 1 is 0.816 bits per heavy atom. The molecule has 196 valence electrons. The molecular formula is C34H37O3P. The van der Waals surface area contributed by atoms with Gasteiger partial charge in [-0.05, 0) is 47.3 Å². The third-order valence-corrected chi connectivity index (χ3v) is 8.93. The lowest BCUT2D eigenvalue weighted by molar-refractivity contribution is 0.0494. The van der Waals surface area contributed by atoms with Crippen LogP contribution in [-0.4, -0.2) is 19.7 Å². The number of carbonyl (C=O) groups excluding carboxylic acids is 1. The summed E-state index contributed by atoms with van der Waals surface area (Å²) in [5, 5.41) is 0.868. The average molecular weight is 525 g/mol. The van der Waals surface area contributed by atoms with Gasteiger partial charge >= 0.3 is 0 Å². The van der Waals surface area contributed by atoms with E-state index in [0.717, 1.165) is 41.4 Å². The van der Waals surface area contributed by atoms with E-state index in [4.69, 9.17) is 9.47 Å². The predicted molar refractivity (Wildman–Crippen MR) is 159 cm³/mol. The highest BCUT2D eigenvalue weighted by atomic mass is 31.1. The third kappa shape index (κ3) is 6.78. The van der Waals surface area contributed by atoms with Gasteiger partial charge in [-0.1, -0.05) is 119 Å². The summed E-state index contributed by atoms with van der Waals surface area (Å²) in [7, 11) is 2.06. The van der Waals surface area contributed by atoms with Crippen LogP contribution in [-0.2, 0) is 22.7 Å². The Hall–Kier alpha value is -3.26. The smallest absolute Gasteiger partial charge is 0.188 e. The highest BCUT2D eigenvalue weighted by molar-refractivity contribution is 7.48. The van der Waals surface area contributed by atoms with E-state index in [-0.39, 0.29) is 17.7 Å². The summed E-state index contributed by atoms with van der Waals surface area (Å²) in [6, 6.07) is 33.7. The molecule has 0 radical (unpaired) electrons. The first kappa shape index (κ1) is 27.8. The molecule has 4 rings (SSSR count). The molecular weight excluding hydrogens is 487 g/mol. The Morgan fingerprint density at radius 2 is 1.42 bits per heavy atom. The molecule has 0 bridgehead atoms. The Labute approximate surface area is 229 Å². The van der Waals surface area contributed by atoms with E-state index in [2.05, 4.69) is 86.6 Å². The molecule has 0 saturated heterocycles. The molecule has 38 heavy (non-hydrogen) atoms. The first-order chi connectivity index (χ1) is 18.4. The van der Waals surface area contributed by atoms with Gasteiger partial charge in [-0.15, -0.1) is 0 Å². The zero-order valence-electron chi connectivity index (χ0n) is 22.8. The summed E-state index contributed by atoms with van der Waals surface area (Å²) < 4.78 is 11.8. The molecule has 3 nitrogen and oxygen atoms in total. The standard InChI is InChI=1S/C34H37O3P/c1-5-34(3,38-32-19-13-12-18-30(32)25(2)35)31-23-28(20-26-14-8-6-9-15-26)22-29(33(31)37-24-36-4)21-27-16-10-7-11-17-27/h6-19,22-23,38H,5,20-21,24H2,1-4H3. The average Bonchev–Trinajstić information content (AvgIpc) is 2.93. The van der Waals surface area contributed by atoms with Crippen molar-refractivity contribution in [2.45, 2.75) is 45.2 Å². The number of hydrogen-bond acceptors (Lipinski definition) is 3. The van der Waals surface area contributed by atoms with Crippen molar-refractivity contribution in [2.24, 2.45) is 0 Å². The van der Waals surface area contributed by atoms with Crippen LogP contribution in [0.3, 0.4) is 0 Å². The van der Waals surface area contributed by atoms with Crippen LogP contribution >= 0.6 is 8.58 Å². The van der Waals surface area contributed by atoms with Crippen LogP contribution in [0, 0.1) is 0 Å². The van der Waals surface area contributed by atoms with Crippen LogP contribution in [0.1, 0.15) is 65.4 Å². The summed E-state index contributed by atoms with van der Waals surface area (Å²) in [5.74, 6) is 0.995. The second kappa shape index (κ2) is 13.0. The van der Waals surface area contributed by atoms with Gasteiger partial charge in [0.25, 0.3) is 0 Å². The fraction of sp³-hybridized carbons (Fsp3) is 0.265. The monoisotopic (exact) mass is 524 g/mol. The number of carbonyl (C=O) groups is 1. The van der Waals surface area contributed by atoms with Crippen molar-refractivity contribution in [1.29, 1.82) is 0 Å². The first-order valence-electron chi connectivity index (χ1n) is 13.2.